The maximum atomic E-state index is 12.6. The van der Waals surface area contributed by atoms with E-state index in [-0.39, 0.29) is 29.1 Å². The lowest BCUT2D eigenvalue weighted by atomic mass is 9.72. The van der Waals surface area contributed by atoms with Gasteiger partial charge in [-0.15, -0.1) is 0 Å². The molecule has 0 amide bonds. The number of nitrogens with zero attached hydrogens (tertiary/aromatic N) is 2. The van der Waals surface area contributed by atoms with Crippen molar-refractivity contribution >= 4 is 28.7 Å². The van der Waals surface area contributed by atoms with E-state index in [1.165, 1.54) is 0 Å². The van der Waals surface area contributed by atoms with Gasteiger partial charge in [-0.25, -0.2) is 4.99 Å². The Balaban J connectivity index is 2.01. The third-order valence-electron chi connectivity index (χ3n) is 7.02. The summed E-state index contributed by atoms with van der Waals surface area (Å²) in [4.78, 5) is 23.0. The van der Waals surface area contributed by atoms with Crippen molar-refractivity contribution in [2.45, 2.75) is 86.6 Å². The first-order valence-corrected chi connectivity index (χ1v) is 13.7. The number of Topliss-reactive ketones (excluding diaryl/α,β-unsaturated/α-hetero) is 1. The lowest BCUT2D eigenvalue weighted by Crippen LogP contribution is -2.31. The molecule has 2 aliphatic rings. The van der Waals surface area contributed by atoms with Gasteiger partial charge in [0.15, 0.2) is 11.6 Å². The van der Waals surface area contributed by atoms with Crippen LogP contribution in [-0.4, -0.2) is 42.2 Å². The smallest absolute Gasteiger partial charge is 0.168 e. The Morgan fingerprint density at radius 2 is 2.03 bits per heavy atom. The molecule has 0 radical (unpaired) electrons. The number of anilines is 1. The number of hydrogen-bond acceptors (Lipinski definition) is 6. The number of carbonyl (C=O) groups excluding carboxylic acids is 1. The second kappa shape index (κ2) is 12.2. The predicted octanol–water partition coefficient (Wildman–Crippen LogP) is 6.20. The van der Waals surface area contributed by atoms with Crippen LogP contribution in [0.25, 0.3) is 0 Å². The molecule has 1 atom stereocenters. The number of amidine groups is 1. The highest BCUT2D eigenvalue weighted by Gasteiger charge is 2.32. The number of nitrogens with one attached hydrogen (secondary N) is 3. The summed E-state index contributed by atoms with van der Waals surface area (Å²) in [6.45, 7) is 16.8. The Bertz CT molecular complexity index is 1170. The Hall–Kier alpha value is -3.06. The first-order valence-electron chi connectivity index (χ1n) is 13.7. The van der Waals surface area contributed by atoms with Gasteiger partial charge in [-0.1, -0.05) is 52.8 Å². The molecule has 1 saturated heterocycles. The van der Waals surface area contributed by atoms with Crippen molar-refractivity contribution in [1.29, 1.82) is 5.41 Å². The average Bonchev–Trinajstić information content (AvgIpc) is 3.29. The van der Waals surface area contributed by atoms with E-state index in [2.05, 4.69) is 51.3 Å². The van der Waals surface area contributed by atoms with Crippen molar-refractivity contribution < 1.29 is 4.79 Å². The van der Waals surface area contributed by atoms with Gasteiger partial charge in [0, 0.05) is 53.0 Å². The van der Waals surface area contributed by atoms with Gasteiger partial charge in [0.25, 0.3) is 0 Å². The number of benzene rings is 1. The van der Waals surface area contributed by atoms with Crippen molar-refractivity contribution in [1.82, 2.24) is 5.32 Å². The first kappa shape index (κ1) is 29.5. The zero-order chi connectivity index (χ0) is 28.1. The molecule has 38 heavy (non-hydrogen) atoms. The van der Waals surface area contributed by atoms with E-state index in [0.29, 0.717) is 17.1 Å². The Morgan fingerprint density at radius 1 is 1.29 bits per heavy atom. The largest absolute Gasteiger partial charge is 0.404 e. The molecule has 0 bridgehead atoms. The van der Waals surface area contributed by atoms with E-state index in [4.69, 9.17) is 21.1 Å². The monoisotopic (exact) mass is 518 g/mol. The molecule has 1 fully saturated rings. The number of ketones is 1. The summed E-state index contributed by atoms with van der Waals surface area (Å²) in [5, 5.41) is 14.7. The predicted molar refractivity (Wildman–Crippen MR) is 161 cm³/mol. The summed E-state index contributed by atoms with van der Waals surface area (Å²) in [5.41, 5.74) is 11.9. The van der Waals surface area contributed by atoms with E-state index in [1.807, 2.05) is 25.1 Å². The highest BCUT2D eigenvalue weighted by Crippen LogP contribution is 2.37. The van der Waals surface area contributed by atoms with Crippen molar-refractivity contribution in [3.8, 4) is 0 Å². The Kier molecular flexibility index (Phi) is 9.47. The molecular weight excluding hydrogens is 472 g/mol. The van der Waals surface area contributed by atoms with Crippen LogP contribution in [0, 0.1) is 23.2 Å². The molecule has 206 valence electrons. The van der Waals surface area contributed by atoms with Gasteiger partial charge in [-0.2, -0.15) is 0 Å². The van der Waals surface area contributed by atoms with E-state index in [9.17, 15) is 4.79 Å². The van der Waals surface area contributed by atoms with Gasteiger partial charge in [-0.05, 0) is 63.1 Å². The molecule has 0 aliphatic carbocycles. The fourth-order valence-corrected chi connectivity index (χ4v) is 5.47. The number of aryl methyl sites for hydroxylation is 1. The molecule has 1 aromatic carbocycles. The zero-order valence-corrected chi connectivity index (χ0v) is 24.3. The zero-order valence-electron chi connectivity index (χ0n) is 24.3. The van der Waals surface area contributed by atoms with Gasteiger partial charge in [-0.3, -0.25) is 9.79 Å². The Labute approximate surface area is 228 Å². The second-order valence-electron chi connectivity index (χ2n) is 12.6. The fraction of sp³-hybridized carbons (Fsp3) is 0.548. The molecule has 7 nitrogen and oxygen atoms in total. The summed E-state index contributed by atoms with van der Waals surface area (Å²) < 4.78 is 0. The minimum Gasteiger partial charge on any atom is -0.404 e. The number of nitrogens with two attached hydrogens (primary N) is 1. The third-order valence-corrected chi connectivity index (χ3v) is 7.02. The third kappa shape index (κ3) is 7.97. The van der Waals surface area contributed by atoms with E-state index >= 15 is 0 Å². The molecule has 0 unspecified atom stereocenters. The number of aliphatic imine (C=N–C) groups is 2. The number of rotatable bonds is 8. The second-order valence-corrected chi connectivity index (χ2v) is 12.6. The van der Waals surface area contributed by atoms with Gasteiger partial charge in [0.2, 0.25) is 0 Å². The van der Waals surface area contributed by atoms with Gasteiger partial charge in [0.1, 0.15) is 0 Å². The van der Waals surface area contributed by atoms with Crippen LogP contribution in [0.1, 0.15) is 89.6 Å². The molecule has 2 heterocycles. The number of hydrogen-bond donors (Lipinski definition) is 4. The maximum Gasteiger partial charge on any atom is 0.168 e. The van der Waals surface area contributed by atoms with Gasteiger partial charge < -0.3 is 21.8 Å². The van der Waals surface area contributed by atoms with Crippen LogP contribution in [0.3, 0.4) is 0 Å². The van der Waals surface area contributed by atoms with Crippen LogP contribution in [-0.2, 0) is 0 Å². The summed E-state index contributed by atoms with van der Waals surface area (Å²) in [5.74, 6) is 0.606. The normalized spacial score (nSPS) is 21.1. The lowest BCUT2D eigenvalue weighted by molar-refractivity contribution is 0.100. The van der Waals surface area contributed by atoms with Crippen molar-refractivity contribution in [2.24, 2.45) is 26.5 Å². The Morgan fingerprint density at radius 3 is 2.63 bits per heavy atom. The molecule has 3 rings (SSSR count). The molecule has 1 aromatic rings. The van der Waals surface area contributed by atoms with Gasteiger partial charge in [0.05, 0.1) is 11.6 Å². The summed E-state index contributed by atoms with van der Waals surface area (Å²) in [6.07, 6.45) is 7.54. The van der Waals surface area contributed by atoms with E-state index < -0.39 is 0 Å². The molecule has 5 N–H and O–H groups in total. The standard InChI is InChI=1S/C31H46N6O/c1-20-11-12-22(27(38)15-21(2)33)16-26(20)36-25-9-8-10-28(31(6,7)19-30(3,4)5)37-29(24(25)17-32)35-23-13-14-34-18-23/h9,11-12,16-17,23,33-34,36H,8,10,13-15,18-19,32H2,1-7H3/t23-/m1/s1. The summed E-state index contributed by atoms with van der Waals surface area (Å²) in [6, 6.07) is 5.79. The minimum atomic E-state index is -0.0797. The molecule has 0 saturated carbocycles. The molecule has 7 heteroatoms. The van der Waals surface area contributed by atoms with Crippen LogP contribution in [0.15, 0.2) is 51.7 Å². The van der Waals surface area contributed by atoms with Crippen LogP contribution in [0.4, 0.5) is 5.69 Å². The number of carbonyl (C=O) groups is 1. The van der Waals surface area contributed by atoms with Crippen molar-refractivity contribution in [2.75, 3.05) is 18.4 Å². The van der Waals surface area contributed by atoms with Gasteiger partial charge >= 0.3 is 0 Å². The van der Waals surface area contributed by atoms with Crippen molar-refractivity contribution in [3.05, 3.63) is 52.9 Å². The van der Waals surface area contributed by atoms with E-state index in [0.717, 1.165) is 67.0 Å². The average molecular weight is 519 g/mol. The summed E-state index contributed by atoms with van der Waals surface area (Å²) in [7, 11) is 0. The highest BCUT2D eigenvalue weighted by molar-refractivity contribution is 6.11. The lowest BCUT2D eigenvalue weighted by Gasteiger charge is -2.34. The SMILES string of the molecule is CC(=N)CC(=O)c1ccc(C)c(NC2=CCCC(C(C)(C)CC(C)(C)C)=NC(=N[C@@H]3CCNC3)C2=CN)c1. The molecule has 0 aromatic heterocycles. The first-order chi connectivity index (χ1) is 17.8. The quantitative estimate of drug-likeness (QED) is 0.242. The fourth-order valence-electron chi connectivity index (χ4n) is 5.47. The van der Waals surface area contributed by atoms with Crippen LogP contribution < -0.4 is 16.4 Å². The molecular formula is C31H46N6O. The van der Waals surface area contributed by atoms with Crippen molar-refractivity contribution in [3.63, 3.8) is 0 Å². The van der Waals surface area contributed by atoms with Crippen LogP contribution in [0.2, 0.25) is 0 Å². The maximum absolute atomic E-state index is 12.6. The number of allylic oxidation sites excluding steroid dienone is 1. The summed E-state index contributed by atoms with van der Waals surface area (Å²) >= 11 is 0. The van der Waals surface area contributed by atoms with Crippen LogP contribution in [0.5, 0.6) is 0 Å². The van der Waals surface area contributed by atoms with Crippen LogP contribution >= 0.6 is 0 Å². The molecule has 0 spiro atoms. The van der Waals surface area contributed by atoms with E-state index in [1.54, 1.807) is 13.1 Å². The minimum absolute atomic E-state index is 0.0620. The highest BCUT2D eigenvalue weighted by atomic mass is 16.1. The molecule has 2 aliphatic heterocycles. The topological polar surface area (TPSA) is 116 Å².